The van der Waals surface area contributed by atoms with Gasteiger partial charge in [-0.2, -0.15) is 0 Å². The average molecular weight is 411 g/mol. The van der Waals surface area contributed by atoms with Crippen LogP contribution in [0.25, 0.3) is 16.6 Å². The second kappa shape index (κ2) is 6.41. The van der Waals surface area contributed by atoms with Crippen LogP contribution in [0.4, 0.5) is 5.95 Å². The molecule has 0 aliphatic carbocycles. The number of amides is 1. The zero-order chi connectivity index (χ0) is 21.0. The van der Waals surface area contributed by atoms with Crippen LogP contribution in [0.2, 0.25) is 0 Å². The van der Waals surface area contributed by atoms with Gasteiger partial charge in [-0.15, -0.1) is 0 Å². The molecule has 29 heavy (non-hydrogen) atoms. The van der Waals surface area contributed by atoms with Gasteiger partial charge in [-0.3, -0.25) is 14.5 Å². The first kappa shape index (κ1) is 19.1. The lowest BCUT2D eigenvalue weighted by atomic mass is 10.1. The van der Waals surface area contributed by atoms with Gasteiger partial charge in [0.1, 0.15) is 0 Å². The van der Waals surface area contributed by atoms with Crippen molar-refractivity contribution in [2.45, 2.75) is 31.5 Å². The zero-order valence-electron chi connectivity index (χ0n) is 16.5. The topological polar surface area (TPSA) is 98.4 Å². The Morgan fingerprint density at radius 3 is 2.34 bits per heavy atom. The maximum absolute atomic E-state index is 13.1. The molecule has 8 nitrogen and oxygen atoms in total. The molecule has 0 saturated heterocycles. The summed E-state index contributed by atoms with van der Waals surface area (Å²) < 4.78 is 27.6. The molecule has 3 aromatic heterocycles. The molecule has 4 rings (SSSR count). The predicted octanol–water partition coefficient (Wildman–Crippen LogP) is 3.09. The second-order valence-electron chi connectivity index (χ2n) is 7.86. The van der Waals surface area contributed by atoms with E-state index in [-0.39, 0.29) is 16.4 Å². The van der Waals surface area contributed by atoms with E-state index >= 15 is 0 Å². The fraction of sp³-hybridized carbons (Fsp3) is 0.250. The van der Waals surface area contributed by atoms with Crippen molar-refractivity contribution < 1.29 is 13.2 Å². The van der Waals surface area contributed by atoms with Crippen LogP contribution in [0.5, 0.6) is 0 Å². The summed E-state index contributed by atoms with van der Waals surface area (Å²) in [5.74, 6) is -0.147. The van der Waals surface area contributed by atoms with E-state index in [0.717, 1.165) is 17.3 Å². The Bertz CT molecular complexity index is 1360. The van der Waals surface area contributed by atoms with Crippen molar-refractivity contribution in [1.29, 1.82) is 0 Å². The van der Waals surface area contributed by atoms with Crippen LogP contribution in [-0.2, 0) is 15.4 Å². The smallest absolute Gasteiger partial charge is 0.278 e. The molecule has 1 amide bonds. The fourth-order valence-electron chi connectivity index (χ4n) is 3.39. The van der Waals surface area contributed by atoms with Gasteiger partial charge in [-0.05, 0) is 45.0 Å². The molecule has 9 heteroatoms. The molecule has 0 aliphatic heterocycles. The Hall–Kier alpha value is -3.20. The molecule has 1 N–H and O–H groups in total. The molecule has 0 bridgehead atoms. The predicted molar refractivity (Wildman–Crippen MR) is 111 cm³/mol. The number of benzene rings is 1. The highest BCUT2D eigenvalue weighted by Crippen LogP contribution is 2.28. The monoisotopic (exact) mass is 411 g/mol. The highest BCUT2D eigenvalue weighted by atomic mass is 32.2. The van der Waals surface area contributed by atoms with Crippen LogP contribution in [0.15, 0.2) is 53.8 Å². The molecule has 0 aliphatic rings. The first-order chi connectivity index (χ1) is 13.6. The Morgan fingerprint density at radius 1 is 1.00 bits per heavy atom. The highest BCUT2D eigenvalue weighted by molar-refractivity contribution is 7.90. The maximum Gasteiger partial charge on any atom is 0.278 e. The molecule has 0 saturated carbocycles. The summed E-state index contributed by atoms with van der Waals surface area (Å²) >= 11 is 0. The third-order valence-electron chi connectivity index (χ3n) is 4.52. The van der Waals surface area contributed by atoms with Crippen molar-refractivity contribution >= 4 is 38.2 Å². The summed E-state index contributed by atoms with van der Waals surface area (Å²) in [6, 6.07) is 12.7. The summed E-state index contributed by atoms with van der Waals surface area (Å²) in [7, 11) is -3.62. The number of anilines is 1. The number of hydrogen-bond donors (Lipinski definition) is 1. The van der Waals surface area contributed by atoms with E-state index in [1.54, 1.807) is 24.4 Å². The largest absolute Gasteiger partial charge is 0.305 e. The fourth-order valence-corrected chi connectivity index (χ4v) is 4.16. The van der Waals surface area contributed by atoms with Gasteiger partial charge in [0.05, 0.1) is 16.6 Å². The number of fused-ring (bicyclic) bond motifs is 2. The number of carbonyl (C=O) groups is 1. The van der Waals surface area contributed by atoms with Crippen LogP contribution >= 0.6 is 0 Å². The molecular formula is C20H21N5O3S. The Labute approximate surface area is 168 Å². The third-order valence-corrected chi connectivity index (χ3v) is 5.47. The quantitative estimate of drug-likeness (QED) is 0.559. The number of sulfone groups is 1. The van der Waals surface area contributed by atoms with E-state index in [1.165, 1.54) is 4.40 Å². The number of para-hydroxylation sites is 2. The summed E-state index contributed by atoms with van der Waals surface area (Å²) in [5.41, 5.74) is 1.74. The van der Waals surface area contributed by atoms with E-state index in [1.807, 2.05) is 49.6 Å². The van der Waals surface area contributed by atoms with E-state index in [4.69, 9.17) is 0 Å². The van der Waals surface area contributed by atoms with Crippen LogP contribution in [0, 0.1) is 0 Å². The van der Waals surface area contributed by atoms with E-state index in [2.05, 4.69) is 15.3 Å². The van der Waals surface area contributed by atoms with Gasteiger partial charge in [-0.1, -0.05) is 18.2 Å². The van der Waals surface area contributed by atoms with Gasteiger partial charge in [0.15, 0.2) is 5.69 Å². The van der Waals surface area contributed by atoms with Crippen molar-refractivity contribution in [2.75, 3.05) is 11.6 Å². The number of carbonyl (C=O) groups excluding carboxylic acids is 1. The second-order valence-corrected chi connectivity index (χ2v) is 9.76. The molecule has 150 valence electrons. The van der Waals surface area contributed by atoms with Gasteiger partial charge in [0.25, 0.3) is 5.91 Å². The van der Waals surface area contributed by atoms with Crippen molar-refractivity contribution in [2.24, 2.45) is 0 Å². The third kappa shape index (κ3) is 3.27. The van der Waals surface area contributed by atoms with Crippen molar-refractivity contribution in [1.82, 2.24) is 18.9 Å². The summed E-state index contributed by atoms with van der Waals surface area (Å²) in [4.78, 5) is 21.8. The number of imidazole rings is 2. The molecule has 0 spiro atoms. The Balaban J connectivity index is 1.85. The van der Waals surface area contributed by atoms with Gasteiger partial charge >= 0.3 is 0 Å². The molecule has 4 aromatic rings. The van der Waals surface area contributed by atoms with Crippen LogP contribution in [-0.4, -0.2) is 39.5 Å². The first-order valence-corrected chi connectivity index (χ1v) is 10.9. The zero-order valence-corrected chi connectivity index (χ0v) is 17.4. The van der Waals surface area contributed by atoms with Crippen LogP contribution in [0.3, 0.4) is 0 Å². The van der Waals surface area contributed by atoms with Crippen molar-refractivity contribution in [3.8, 4) is 0 Å². The van der Waals surface area contributed by atoms with Gasteiger partial charge in [0, 0.05) is 18.0 Å². The maximum atomic E-state index is 13.1. The minimum Gasteiger partial charge on any atom is -0.305 e. The van der Waals surface area contributed by atoms with Crippen LogP contribution in [0.1, 0.15) is 31.3 Å². The Kier molecular flexibility index (Phi) is 4.23. The number of pyridine rings is 1. The minimum absolute atomic E-state index is 0.0264. The SMILES string of the molecule is CC(C)(C)n1c(NC(=O)c2nc(S(C)(=O)=O)n3ccccc23)nc2ccccc21. The van der Waals surface area contributed by atoms with Crippen molar-refractivity contribution in [3.63, 3.8) is 0 Å². The van der Waals surface area contributed by atoms with E-state index in [0.29, 0.717) is 11.5 Å². The van der Waals surface area contributed by atoms with E-state index < -0.39 is 15.7 Å². The summed E-state index contributed by atoms with van der Waals surface area (Å²) in [6.07, 6.45) is 2.63. The van der Waals surface area contributed by atoms with Gasteiger partial charge in [-0.25, -0.2) is 18.4 Å². The number of hydrogen-bond acceptors (Lipinski definition) is 5. The van der Waals surface area contributed by atoms with Crippen molar-refractivity contribution in [3.05, 3.63) is 54.4 Å². The number of rotatable bonds is 3. The lowest BCUT2D eigenvalue weighted by Crippen LogP contribution is -2.26. The molecule has 0 unspecified atom stereocenters. The number of nitrogens with zero attached hydrogens (tertiary/aromatic N) is 4. The summed E-state index contributed by atoms with van der Waals surface area (Å²) in [6.45, 7) is 6.06. The molecule has 3 heterocycles. The molecule has 0 fully saturated rings. The molecule has 0 atom stereocenters. The lowest BCUT2D eigenvalue weighted by Gasteiger charge is -2.24. The number of nitrogens with one attached hydrogen (secondary N) is 1. The minimum atomic E-state index is -3.62. The number of aromatic nitrogens is 4. The van der Waals surface area contributed by atoms with Crippen LogP contribution < -0.4 is 5.32 Å². The molecular weight excluding hydrogens is 390 g/mol. The van der Waals surface area contributed by atoms with E-state index in [9.17, 15) is 13.2 Å². The average Bonchev–Trinajstić information content (AvgIpc) is 3.19. The van der Waals surface area contributed by atoms with Gasteiger partial charge in [0.2, 0.25) is 20.9 Å². The standard InChI is InChI=1S/C20H21N5O3S/c1-20(2,3)25-14-10-6-5-9-13(14)21-18(25)23-17(26)16-15-11-7-8-12-24(15)19(22-16)29(4,27)28/h5-12H,1-4H3,(H,21,23,26). The first-order valence-electron chi connectivity index (χ1n) is 9.04. The Morgan fingerprint density at radius 2 is 1.66 bits per heavy atom. The van der Waals surface area contributed by atoms with Gasteiger partial charge < -0.3 is 4.57 Å². The molecule has 0 radical (unpaired) electrons. The lowest BCUT2D eigenvalue weighted by molar-refractivity contribution is 0.102. The highest BCUT2D eigenvalue weighted by Gasteiger charge is 2.26. The summed E-state index contributed by atoms with van der Waals surface area (Å²) in [5, 5.41) is 2.64. The molecule has 1 aromatic carbocycles. The normalized spacial score (nSPS) is 12.6.